The summed E-state index contributed by atoms with van der Waals surface area (Å²) in [6.07, 6.45) is 2.42. The number of hydrogen-bond donors (Lipinski definition) is 0. The largest absolute Gasteiger partial charge is 0.466 e. The molecule has 2 aliphatic rings. The summed E-state index contributed by atoms with van der Waals surface area (Å²) in [6.45, 7) is 5.37. The molecule has 3 aromatic rings. The molecule has 9 heteroatoms. The number of pyridine rings is 1. The number of thiophene rings is 1. The predicted octanol–water partition coefficient (Wildman–Crippen LogP) is 3.66. The van der Waals surface area contributed by atoms with Gasteiger partial charge in [-0.2, -0.15) is 0 Å². The summed E-state index contributed by atoms with van der Waals surface area (Å²) < 4.78 is 6.48. The standard InChI is InChI=1S/C27H30N4O4S/c1-2-35-27(34)19-6-5-11-31(16-19)25-21(26(33)30-14-12-29(18-32)13-15-30)9-10-23(28-25)22-17-36-24-8-4-3-7-20(22)24/h3-4,7-10,17-19H,2,5-6,11-16H2,1H3/t19-/m0/s1. The quantitative estimate of drug-likeness (QED) is 0.375. The Morgan fingerprint density at radius 1 is 1.11 bits per heavy atom. The van der Waals surface area contributed by atoms with Gasteiger partial charge in [-0.1, -0.05) is 18.2 Å². The summed E-state index contributed by atoms with van der Waals surface area (Å²) in [5.74, 6) is 0.0768. The van der Waals surface area contributed by atoms with Gasteiger partial charge in [-0.25, -0.2) is 4.98 Å². The molecule has 0 spiro atoms. The van der Waals surface area contributed by atoms with Gasteiger partial charge >= 0.3 is 5.97 Å². The van der Waals surface area contributed by atoms with Crippen molar-refractivity contribution in [3.8, 4) is 11.3 Å². The number of carbonyl (C=O) groups is 3. The zero-order valence-electron chi connectivity index (χ0n) is 20.4. The first kappa shape index (κ1) is 24.2. The first-order valence-corrected chi connectivity index (χ1v) is 13.3. The molecule has 0 N–H and O–H groups in total. The lowest BCUT2D eigenvalue weighted by atomic mass is 9.97. The Hall–Kier alpha value is -3.46. The molecule has 0 bridgehead atoms. The number of fused-ring (bicyclic) bond motifs is 1. The zero-order valence-corrected chi connectivity index (χ0v) is 21.2. The number of amides is 2. The van der Waals surface area contributed by atoms with Gasteiger partial charge in [0.2, 0.25) is 6.41 Å². The summed E-state index contributed by atoms with van der Waals surface area (Å²) >= 11 is 1.67. The van der Waals surface area contributed by atoms with E-state index in [9.17, 15) is 14.4 Å². The van der Waals surface area contributed by atoms with Crippen LogP contribution in [0.1, 0.15) is 30.1 Å². The average Bonchev–Trinajstić information content (AvgIpc) is 3.37. The molecule has 2 fully saturated rings. The van der Waals surface area contributed by atoms with Gasteiger partial charge in [0.1, 0.15) is 5.82 Å². The lowest BCUT2D eigenvalue weighted by Crippen LogP contribution is -2.48. The number of piperidine rings is 1. The minimum absolute atomic E-state index is 0.0944. The van der Waals surface area contributed by atoms with Crippen LogP contribution in [0.3, 0.4) is 0 Å². The lowest BCUT2D eigenvalue weighted by molar-refractivity contribution is -0.148. The Morgan fingerprint density at radius 2 is 1.92 bits per heavy atom. The molecule has 0 unspecified atom stereocenters. The fourth-order valence-corrected chi connectivity index (χ4v) is 5.96. The molecule has 2 aliphatic heterocycles. The van der Waals surface area contributed by atoms with Crippen LogP contribution in [-0.4, -0.2) is 78.9 Å². The number of esters is 1. The molecule has 2 aromatic heterocycles. The molecule has 8 nitrogen and oxygen atoms in total. The summed E-state index contributed by atoms with van der Waals surface area (Å²) in [5.41, 5.74) is 2.37. The summed E-state index contributed by atoms with van der Waals surface area (Å²) in [7, 11) is 0. The fourth-order valence-electron chi connectivity index (χ4n) is 5.01. The monoisotopic (exact) mass is 506 g/mol. The fraction of sp³-hybridized carbons (Fsp3) is 0.407. The molecule has 0 saturated carbocycles. The molecule has 1 atom stereocenters. The zero-order chi connectivity index (χ0) is 25.1. The number of hydrogen-bond acceptors (Lipinski definition) is 7. The van der Waals surface area contributed by atoms with Gasteiger partial charge in [0.05, 0.1) is 23.8 Å². The van der Waals surface area contributed by atoms with Crippen LogP contribution < -0.4 is 4.90 Å². The molecule has 0 radical (unpaired) electrons. The van der Waals surface area contributed by atoms with E-state index in [1.54, 1.807) is 21.1 Å². The summed E-state index contributed by atoms with van der Waals surface area (Å²) in [4.78, 5) is 47.9. The first-order valence-electron chi connectivity index (χ1n) is 12.5. The Labute approximate surface area is 214 Å². The Kier molecular flexibility index (Phi) is 7.18. The smallest absolute Gasteiger partial charge is 0.310 e. The van der Waals surface area contributed by atoms with Crippen LogP contribution in [-0.2, 0) is 14.3 Å². The second-order valence-electron chi connectivity index (χ2n) is 9.18. The van der Waals surface area contributed by atoms with E-state index in [4.69, 9.17) is 9.72 Å². The molecule has 2 amide bonds. The molecule has 5 rings (SSSR count). The number of aromatic nitrogens is 1. The summed E-state index contributed by atoms with van der Waals surface area (Å²) in [6, 6.07) is 12.0. The van der Waals surface area contributed by atoms with Crippen LogP contribution >= 0.6 is 11.3 Å². The van der Waals surface area contributed by atoms with Gasteiger partial charge in [-0.05, 0) is 38.0 Å². The average molecular weight is 507 g/mol. The van der Waals surface area contributed by atoms with Crippen LogP contribution in [0.25, 0.3) is 21.3 Å². The van der Waals surface area contributed by atoms with Gasteiger partial charge < -0.3 is 19.4 Å². The first-order chi connectivity index (χ1) is 17.6. The topological polar surface area (TPSA) is 83.1 Å². The molecular formula is C27H30N4O4S. The molecular weight excluding hydrogens is 476 g/mol. The van der Waals surface area contributed by atoms with E-state index in [1.165, 1.54) is 4.70 Å². The second-order valence-corrected chi connectivity index (χ2v) is 10.1. The number of anilines is 1. The molecule has 0 aliphatic carbocycles. The van der Waals surface area contributed by atoms with Gasteiger partial charge in [0.25, 0.3) is 5.91 Å². The van der Waals surface area contributed by atoms with E-state index in [0.717, 1.165) is 42.4 Å². The third-order valence-electron chi connectivity index (χ3n) is 6.95. The van der Waals surface area contributed by atoms with E-state index < -0.39 is 0 Å². The van der Waals surface area contributed by atoms with Crippen molar-refractivity contribution in [1.82, 2.24) is 14.8 Å². The number of rotatable bonds is 6. The van der Waals surface area contributed by atoms with E-state index in [1.807, 2.05) is 31.2 Å². The Bertz CT molecular complexity index is 1270. The highest BCUT2D eigenvalue weighted by atomic mass is 32.1. The maximum atomic E-state index is 13.6. The van der Waals surface area contributed by atoms with Crippen molar-refractivity contribution in [1.29, 1.82) is 0 Å². The third-order valence-corrected chi connectivity index (χ3v) is 7.92. The van der Waals surface area contributed by atoms with Crippen molar-refractivity contribution in [2.24, 2.45) is 5.92 Å². The minimum Gasteiger partial charge on any atom is -0.466 e. The van der Waals surface area contributed by atoms with E-state index in [-0.39, 0.29) is 17.8 Å². The van der Waals surface area contributed by atoms with Crippen LogP contribution in [0.2, 0.25) is 0 Å². The SMILES string of the molecule is CCOC(=O)[C@H]1CCCN(c2nc(-c3csc4ccccc34)ccc2C(=O)N2CCN(C=O)CC2)C1. The van der Waals surface area contributed by atoms with Crippen molar-refractivity contribution in [3.63, 3.8) is 0 Å². The van der Waals surface area contributed by atoms with Crippen LogP contribution in [0.15, 0.2) is 41.8 Å². The number of nitrogens with zero attached hydrogens (tertiary/aromatic N) is 4. The minimum atomic E-state index is -0.245. The highest BCUT2D eigenvalue weighted by Gasteiger charge is 2.32. The van der Waals surface area contributed by atoms with Crippen LogP contribution in [0.5, 0.6) is 0 Å². The van der Waals surface area contributed by atoms with Gasteiger partial charge in [0.15, 0.2) is 0 Å². The maximum absolute atomic E-state index is 13.6. The van der Waals surface area contributed by atoms with Crippen molar-refractivity contribution >= 4 is 45.5 Å². The third kappa shape index (κ3) is 4.80. The van der Waals surface area contributed by atoms with Crippen molar-refractivity contribution in [3.05, 3.63) is 47.3 Å². The molecule has 4 heterocycles. The highest BCUT2D eigenvalue weighted by molar-refractivity contribution is 7.17. The molecule has 188 valence electrons. The van der Waals surface area contributed by atoms with Gasteiger partial charge in [-0.3, -0.25) is 14.4 Å². The van der Waals surface area contributed by atoms with Gasteiger partial charge in [-0.15, -0.1) is 11.3 Å². The predicted molar refractivity (Wildman–Crippen MR) is 140 cm³/mol. The van der Waals surface area contributed by atoms with E-state index in [0.29, 0.717) is 50.7 Å². The molecule has 36 heavy (non-hydrogen) atoms. The highest BCUT2D eigenvalue weighted by Crippen LogP contribution is 2.35. The maximum Gasteiger partial charge on any atom is 0.310 e. The number of ether oxygens (including phenoxy) is 1. The van der Waals surface area contributed by atoms with Crippen molar-refractivity contribution in [2.75, 3.05) is 50.8 Å². The van der Waals surface area contributed by atoms with Crippen LogP contribution in [0.4, 0.5) is 5.82 Å². The second kappa shape index (κ2) is 10.7. The molecule has 2 saturated heterocycles. The van der Waals surface area contributed by atoms with Crippen molar-refractivity contribution < 1.29 is 19.1 Å². The van der Waals surface area contributed by atoms with E-state index >= 15 is 0 Å². The van der Waals surface area contributed by atoms with Crippen LogP contribution in [0, 0.1) is 5.92 Å². The summed E-state index contributed by atoms with van der Waals surface area (Å²) in [5, 5.41) is 3.24. The number of piperazine rings is 1. The van der Waals surface area contributed by atoms with E-state index in [2.05, 4.69) is 22.4 Å². The van der Waals surface area contributed by atoms with Gasteiger partial charge in [0, 0.05) is 60.3 Å². The lowest BCUT2D eigenvalue weighted by Gasteiger charge is -2.36. The Morgan fingerprint density at radius 3 is 2.69 bits per heavy atom. The van der Waals surface area contributed by atoms with Crippen molar-refractivity contribution in [2.45, 2.75) is 19.8 Å². The number of carbonyl (C=O) groups excluding carboxylic acids is 3. The Balaban J connectivity index is 1.51. The molecule has 1 aromatic carbocycles. The number of benzene rings is 1. The normalized spacial score (nSPS) is 18.4.